The molecule has 0 bridgehead atoms. The summed E-state index contributed by atoms with van der Waals surface area (Å²) in [5.41, 5.74) is 9.60. The quantitative estimate of drug-likeness (QED) is 0.385. The van der Waals surface area contributed by atoms with Crippen LogP contribution in [0.2, 0.25) is 0 Å². The Kier molecular flexibility index (Phi) is 5.95. The second kappa shape index (κ2) is 7.94. The minimum atomic E-state index is -1.36. The average molecular weight is 321 g/mol. The zero-order valence-corrected chi connectivity index (χ0v) is 12.9. The van der Waals surface area contributed by atoms with E-state index in [2.05, 4.69) is 10.0 Å². The van der Waals surface area contributed by atoms with E-state index in [1.165, 1.54) is 6.92 Å². The summed E-state index contributed by atoms with van der Waals surface area (Å²) in [6.45, 7) is 3.21. The van der Waals surface area contributed by atoms with Gasteiger partial charge in [-0.1, -0.05) is 35.4 Å². The summed E-state index contributed by atoms with van der Waals surface area (Å²) >= 11 is 0. The molecule has 1 aromatic carbocycles. The molecular weight excluding hydrogens is 302 g/mol. The number of hydrogen-bond donors (Lipinski definition) is 1. The van der Waals surface area contributed by atoms with Crippen LogP contribution in [-0.4, -0.2) is 41.7 Å². The van der Waals surface area contributed by atoms with Gasteiger partial charge in [0.05, 0.1) is 12.7 Å². The van der Waals surface area contributed by atoms with Crippen LogP contribution in [0, 0.1) is 0 Å². The molecule has 0 unspecified atom stereocenters. The zero-order valence-electron chi connectivity index (χ0n) is 12.9. The number of azide groups is 1. The third-order valence-electron chi connectivity index (χ3n) is 3.54. The van der Waals surface area contributed by atoms with Gasteiger partial charge in [-0.2, -0.15) is 0 Å². The van der Waals surface area contributed by atoms with Gasteiger partial charge in [-0.25, -0.2) is 0 Å². The second-order valence-corrected chi connectivity index (χ2v) is 5.26. The highest BCUT2D eigenvalue weighted by atomic mass is 16.6. The van der Waals surface area contributed by atoms with E-state index in [1.807, 2.05) is 30.3 Å². The van der Waals surface area contributed by atoms with E-state index in [0.717, 1.165) is 5.56 Å². The topological polar surface area (TPSA) is 114 Å². The van der Waals surface area contributed by atoms with Crippen molar-refractivity contribution in [1.82, 2.24) is 0 Å². The molecule has 0 radical (unpaired) electrons. The first-order valence-corrected chi connectivity index (χ1v) is 7.23. The van der Waals surface area contributed by atoms with Crippen molar-refractivity contribution in [2.75, 3.05) is 0 Å². The Morgan fingerprint density at radius 3 is 2.70 bits per heavy atom. The summed E-state index contributed by atoms with van der Waals surface area (Å²) in [6.07, 6.45) is -3.49. The minimum Gasteiger partial charge on any atom is -0.459 e. The molecule has 1 saturated heterocycles. The van der Waals surface area contributed by atoms with Gasteiger partial charge in [0.2, 0.25) is 0 Å². The van der Waals surface area contributed by atoms with Crippen LogP contribution in [0.3, 0.4) is 0 Å². The van der Waals surface area contributed by atoms with Crippen LogP contribution in [0.4, 0.5) is 0 Å². The van der Waals surface area contributed by atoms with Gasteiger partial charge in [-0.15, -0.1) is 0 Å². The van der Waals surface area contributed by atoms with Crippen molar-refractivity contribution in [2.45, 2.75) is 51.1 Å². The van der Waals surface area contributed by atoms with E-state index in [-0.39, 0.29) is 6.61 Å². The predicted molar refractivity (Wildman–Crippen MR) is 80.1 cm³/mol. The summed E-state index contributed by atoms with van der Waals surface area (Å²) < 4.78 is 16.4. The lowest BCUT2D eigenvalue weighted by molar-refractivity contribution is -0.254. The largest absolute Gasteiger partial charge is 0.459 e. The van der Waals surface area contributed by atoms with Crippen LogP contribution >= 0.6 is 0 Å². The van der Waals surface area contributed by atoms with Crippen LogP contribution in [0.25, 0.3) is 10.4 Å². The van der Waals surface area contributed by atoms with Crippen molar-refractivity contribution < 1.29 is 24.1 Å². The number of carbonyl (C=O) groups is 1. The number of esters is 1. The molecule has 1 fully saturated rings. The maximum Gasteiger partial charge on any atom is 0.303 e. The van der Waals surface area contributed by atoms with E-state index in [9.17, 15) is 9.90 Å². The molecule has 124 valence electrons. The molecule has 2 rings (SSSR count). The highest BCUT2D eigenvalue weighted by Crippen LogP contribution is 2.28. The number of nitrogens with zero attached hydrogens (tertiary/aromatic N) is 3. The van der Waals surface area contributed by atoms with E-state index in [1.54, 1.807) is 6.92 Å². The number of aliphatic hydroxyl groups excluding tert-OH is 1. The Labute approximate surface area is 133 Å². The molecule has 0 spiro atoms. The fourth-order valence-electron chi connectivity index (χ4n) is 2.51. The summed E-state index contributed by atoms with van der Waals surface area (Å²) in [7, 11) is 0. The van der Waals surface area contributed by atoms with Crippen LogP contribution in [0.15, 0.2) is 35.4 Å². The first kappa shape index (κ1) is 17.2. The molecule has 1 aliphatic rings. The maximum absolute atomic E-state index is 11.4. The number of rotatable bonds is 5. The van der Waals surface area contributed by atoms with Crippen molar-refractivity contribution >= 4 is 5.97 Å². The van der Waals surface area contributed by atoms with Crippen molar-refractivity contribution in [3.63, 3.8) is 0 Å². The molecule has 1 N–H and O–H groups in total. The average Bonchev–Trinajstić information content (AvgIpc) is 2.51. The SMILES string of the molecule is CC(=O)O[C@@H]1[C@@H](N=[N+]=[N-])[C@@H](O)O[C@H](C)[C@H]1OCc1ccccc1. The molecule has 1 heterocycles. The molecular formula is C15H19N3O5. The lowest BCUT2D eigenvalue weighted by Gasteiger charge is -2.41. The predicted octanol–water partition coefficient (Wildman–Crippen LogP) is 1.92. The van der Waals surface area contributed by atoms with Crippen molar-refractivity contribution in [2.24, 2.45) is 5.11 Å². The van der Waals surface area contributed by atoms with E-state index in [0.29, 0.717) is 0 Å². The fraction of sp³-hybridized carbons (Fsp3) is 0.533. The van der Waals surface area contributed by atoms with Gasteiger partial charge in [0.25, 0.3) is 0 Å². The van der Waals surface area contributed by atoms with Crippen LogP contribution in [0.5, 0.6) is 0 Å². The lowest BCUT2D eigenvalue weighted by atomic mass is 9.97. The van der Waals surface area contributed by atoms with Gasteiger partial charge in [-0.3, -0.25) is 4.79 Å². The minimum absolute atomic E-state index is 0.274. The second-order valence-electron chi connectivity index (χ2n) is 5.26. The first-order valence-electron chi connectivity index (χ1n) is 7.23. The van der Waals surface area contributed by atoms with Gasteiger partial charge in [-0.05, 0) is 18.0 Å². The third kappa shape index (κ3) is 4.43. The van der Waals surface area contributed by atoms with Crippen LogP contribution in [-0.2, 0) is 25.6 Å². The molecule has 1 aromatic rings. The maximum atomic E-state index is 11.4. The number of ether oxygens (including phenoxy) is 3. The van der Waals surface area contributed by atoms with Crippen molar-refractivity contribution in [3.05, 3.63) is 46.3 Å². The molecule has 1 aliphatic heterocycles. The number of hydrogen-bond acceptors (Lipinski definition) is 6. The zero-order chi connectivity index (χ0) is 16.8. The van der Waals surface area contributed by atoms with E-state index in [4.69, 9.17) is 19.7 Å². The normalized spacial score (nSPS) is 30.3. The summed E-state index contributed by atoms with van der Waals surface area (Å²) in [5.74, 6) is -0.553. The highest BCUT2D eigenvalue weighted by Gasteiger charge is 2.46. The molecule has 8 nitrogen and oxygen atoms in total. The fourth-order valence-corrected chi connectivity index (χ4v) is 2.51. The van der Waals surface area contributed by atoms with Crippen molar-refractivity contribution in [1.29, 1.82) is 0 Å². The molecule has 5 atom stereocenters. The summed E-state index contributed by atoms with van der Waals surface area (Å²) in [6, 6.07) is 8.39. The van der Waals surface area contributed by atoms with Gasteiger partial charge >= 0.3 is 5.97 Å². The summed E-state index contributed by atoms with van der Waals surface area (Å²) in [4.78, 5) is 14.0. The molecule has 23 heavy (non-hydrogen) atoms. The number of aliphatic hydroxyl groups is 1. The van der Waals surface area contributed by atoms with Crippen molar-refractivity contribution in [3.8, 4) is 0 Å². The molecule has 0 aromatic heterocycles. The van der Waals surface area contributed by atoms with Gasteiger partial charge in [0, 0.05) is 11.8 Å². The lowest BCUT2D eigenvalue weighted by Crippen LogP contribution is -2.58. The summed E-state index contributed by atoms with van der Waals surface area (Å²) in [5, 5.41) is 13.4. The van der Waals surface area contributed by atoms with E-state index < -0.39 is 36.6 Å². The highest BCUT2D eigenvalue weighted by molar-refractivity contribution is 5.66. The third-order valence-corrected chi connectivity index (χ3v) is 3.54. The smallest absolute Gasteiger partial charge is 0.303 e. The molecule has 8 heteroatoms. The van der Waals surface area contributed by atoms with Gasteiger partial charge < -0.3 is 19.3 Å². The molecule has 0 saturated carbocycles. The standard InChI is InChI=1S/C15H19N3O5/c1-9-13(21-8-11-6-4-3-5-7-11)14(23-10(2)19)12(17-18-16)15(20)22-9/h3-7,9,12-15,20H,8H2,1-2H3/t9-,12-,13-,14-,15+/m1/s1. The van der Waals surface area contributed by atoms with Crippen LogP contribution < -0.4 is 0 Å². The van der Waals surface area contributed by atoms with Gasteiger partial charge in [0.1, 0.15) is 18.2 Å². The first-order chi connectivity index (χ1) is 11.0. The van der Waals surface area contributed by atoms with Crippen LogP contribution in [0.1, 0.15) is 19.4 Å². The van der Waals surface area contributed by atoms with Gasteiger partial charge in [0.15, 0.2) is 6.29 Å². The Bertz CT molecular complexity index is 576. The molecule has 0 amide bonds. The molecule has 0 aliphatic carbocycles. The number of carbonyl (C=O) groups excluding carboxylic acids is 1. The van der Waals surface area contributed by atoms with E-state index >= 15 is 0 Å². The Hall–Kier alpha value is -2.12. The Morgan fingerprint density at radius 2 is 2.09 bits per heavy atom. The monoisotopic (exact) mass is 321 g/mol. The number of benzene rings is 1. The Morgan fingerprint density at radius 1 is 1.39 bits per heavy atom. The Balaban J connectivity index is 2.17.